The summed E-state index contributed by atoms with van der Waals surface area (Å²) in [6.07, 6.45) is 2.88. The van der Waals surface area contributed by atoms with Crippen molar-refractivity contribution in [3.8, 4) is 0 Å². The van der Waals surface area contributed by atoms with Gasteiger partial charge in [0.25, 0.3) is 0 Å². The van der Waals surface area contributed by atoms with Crippen molar-refractivity contribution < 1.29 is 12.8 Å². The Morgan fingerprint density at radius 1 is 1.31 bits per heavy atom. The fourth-order valence-electron chi connectivity index (χ4n) is 2.16. The Labute approximate surface area is 94.9 Å². The van der Waals surface area contributed by atoms with Crippen LogP contribution in [0.15, 0.2) is 24.3 Å². The van der Waals surface area contributed by atoms with Crippen molar-refractivity contribution in [2.75, 3.05) is 12.8 Å². The fraction of sp³-hybridized carbons (Fsp3) is 0.455. The number of hydrogen-bond donors (Lipinski definition) is 0. The van der Waals surface area contributed by atoms with E-state index in [9.17, 15) is 12.8 Å². The molecule has 0 saturated carbocycles. The third-order valence-corrected chi connectivity index (χ3v) is 4.17. The molecule has 0 bridgehead atoms. The highest BCUT2D eigenvalue weighted by Crippen LogP contribution is 2.33. The van der Waals surface area contributed by atoms with E-state index >= 15 is 0 Å². The van der Waals surface area contributed by atoms with Gasteiger partial charge in [0.05, 0.1) is 6.26 Å². The molecule has 1 aliphatic heterocycles. The van der Waals surface area contributed by atoms with E-state index < -0.39 is 10.0 Å². The molecule has 0 N–H and O–H groups in total. The van der Waals surface area contributed by atoms with Crippen LogP contribution in [0.25, 0.3) is 0 Å². The molecular formula is C11H14FNO2S. The van der Waals surface area contributed by atoms with E-state index in [1.165, 1.54) is 22.7 Å². The molecule has 0 unspecified atom stereocenters. The Kier molecular flexibility index (Phi) is 2.99. The molecule has 1 atom stereocenters. The summed E-state index contributed by atoms with van der Waals surface area (Å²) < 4.78 is 37.3. The van der Waals surface area contributed by atoms with Crippen molar-refractivity contribution in [1.82, 2.24) is 4.31 Å². The highest BCUT2D eigenvalue weighted by molar-refractivity contribution is 7.88. The smallest absolute Gasteiger partial charge is 0.211 e. The molecule has 0 aromatic heterocycles. The number of hydrogen-bond acceptors (Lipinski definition) is 2. The lowest BCUT2D eigenvalue weighted by Crippen LogP contribution is -2.29. The third kappa shape index (κ3) is 2.25. The van der Waals surface area contributed by atoms with Crippen LogP contribution in [0.1, 0.15) is 24.4 Å². The van der Waals surface area contributed by atoms with Crippen LogP contribution in [0.3, 0.4) is 0 Å². The van der Waals surface area contributed by atoms with Crippen molar-refractivity contribution in [2.45, 2.75) is 18.9 Å². The molecule has 3 nitrogen and oxygen atoms in total. The Hall–Kier alpha value is -0.940. The summed E-state index contributed by atoms with van der Waals surface area (Å²) in [6.45, 7) is 0.556. The quantitative estimate of drug-likeness (QED) is 0.796. The van der Waals surface area contributed by atoms with Crippen molar-refractivity contribution in [3.05, 3.63) is 35.6 Å². The van der Waals surface area contributed by atoms with Gasteiger partial charge in [0.15, 0.2) is 0 Å². The van der Waals surface area contributed by atoms with Crippen molar-refractivity contribution in [1.29, 1.82) is 0 Å². The van der Waals surface area contributed by atoms with Crippen molar-refractivity contribution in [3.63, 3.8) is 0 Å². The molecule has 88 valence electrons. The van der Waals surface area contributed by atoms with E-state index in [-0.39, 0.29) is 11.9 Å². The lowest BCUT2D eigenvalue weighted by atomic mass is 10.1. The maximum absolute atomic E-state index is 12.8. The summed E-state index contributed by atoms with van der Waals surface area (Å²) in [5, 5.41) is 0. The number of rotatable bonds is 2. The van der Waals surface area contributed by atoms with Crippen molar-refractivity contribution >= 4 is 10.0 Å². The zero-order valence-electron chi connectivity index (χ0n) is 9.06. The molecule has 1 heterocycles. The molecule has 5 heteroatoms. The van der Waals surface area contributed by atoms with Crippen LogP contribution >= 0.6 is 0 Å². The molecule has 0 aliphatic carbocycles. The molecule has 0 amide bonds. The van der Waals surface area contributed by atoms with Crippen LogP contribution in [0.4, 0.5) is 4.39 Å². The predicted molar refractivity (Wildman–Crippen MR) is 59.9 cm³/mol. The first kappa shape index (κ1) is 11.5. The molecule has 0 spiro atoms. The van der Waals surface area contributed by atoms with Crippen LogP contribution in [0, 0.1) is 5.82 Å². The van der Waals surface area contributed by atoms with Crippen molar-refractivity contribution in [2.24, 2.45) is 0 Å². The minimum Gasteiger partial charge on any atom is -0.212 e. The minimum atomic E-state index is -3.17. The van der Waals surface area contributed by atoms with E-state index in [0.29, 0.717) is 6.54 Å². The molecule has 16 heavy (non-hydrogen) atoms. The SMILES string of the molecule is CS(=O)(=O)N1CCC[C@H]1c1ccc(F)cc1. The first-order valence-electron chi connectivity index (χ1n) is 5.21. The lowest BCUT2D eigenvalue weighted by Gasteiger charge is -2.22. The van der Waals surface area contributed by atoms with Gasteiger partial charge in [-0.3, -0.25) is 0 Å². The van der Waals surface area contributed by atoms with Gasteiger partial charge in [-0.15, -0.1) is 0 Å². The van der Waals surface area contributed by atoms with Gasteiger partial charge >= 0.3 is 0 Å². The molecule has 1 aromatic carbocycles. The largest absolute Gasteiger partial charge is 0.212 e. The second-order valence-corrected chi connectivity index (χ2v) is 6.02. The first-order valence-corrected chi connectivity index (χ1v) is 7.05. The standard InChI is InChI=1S/C11H14FNO2S/c1-16(14,15)13-8-2-3-11(13)9-4-6-10(12)7-5-9/h4-7,11H,2-3,8H2,1H3/t11-/m0/s1. The number of benzene rings is 1. The van der Waals surface area contributed by atoms with E-state index in [0.717, 1.165) is 18.4 Å². The monoisotopic (exact) mass is 243 g/mol. The fourth-order valence-corrected chi connectivity index (χ4v) is 3.31. The number of nitrogens with zero attached hydrogens (tertiary/aromatic N) is 1. The highest BCUT2D eigenvalue weighted by atomic mass is 32.2. The van der Waals surface area contributed by atoms with Gasteiger partial charge in [0.1, 0.15) is 5.82 Å². The Morgan fingerprint density at radius 3 is 2.50 bits per heavy atom. The van der Waals surface area contributed by atoms with Gasteiger partial charge in [-0.1, -0.05) is 12.1 Å². The Morgan fingerprint density at radius 2 is 1.94 bits per heavy atom. The lowest BCUT2D eigenvalue weighted by molar-refractivity contribution is 0.400. The van der Waals surface area contributed by atoms with E-state index in [2.05, 4.69) is 0 Å². The van der Waals surface area contributed by atoms with Crippen LogP contribution in [0.5, 0.6) is 0 Å². The summed E-state index contributed by atoms with van der Waals surface area (Å²) in [5.74, 6) is -0.298. The highest BCUT2D eigenvalue weighted by Gasteiger charge is 2.32. The van der Waals surface area contributed by atoms with E-state index in [1.54, 1.807) is 12.1 Å². The average molecular weight is 243 g/mol. The van der Waals surface area contributed by atoms with Gasteiger partial charge in [-0.2, -0.15) is 4.31 Å². The van der Waals surface area contributed by atoms with Crippen LogP contribution in [-0.4, -0.2) is 25.5 Å². The molecule has 2 rings (SSSR count). The second-order valence-electron chi connectivity index (χ2n) is 4.08. The van der Waals surface area contributed by atoms with Gasteiger partial charge in [0.2, 0.25) is 10.0 Å². The average Bonchev–Trinajstić information content (AvgIpc) is 2.66. The van der Waals surface area contributed by atoms with Gasteiger partial charge in [-0.25, -0.2) is 12.8 Å². The summed E-state index contributed by atoms with van der Waals surface area (Å²) >= 11 is 0. The molecule has 1 aliphatic rings. The van der Waals surface area contributed by atoms with Gasteiger partial charge in [0, 0.05) is 12.6 Å². The number of halogens is 1. The molecule has 1 fully saturated rings. The molecule has 1 saturated heterocycles. The normalized spacial score (nSPS) is 22.5. The molecule has 0 radical (unpaired) electrons. The van der Waals surface area contributed by atoms with Gasteiger partial charge in [-0.05, 0) is 30.5 Å². The Balaban J connectivity index is 2.30. The third-order valence-electron chi connectivity index (χ3n) is 2.88. The zero-order valence-corrected chi connectivity index (χ0v) is 9.87. The molecule has 1 aromatic rings. The summed E-state index contributed by atoms with van der Waals surface area (Å²) in [7, 11) is -3.17. The maximum atomic E-state index is 12.8. The minimum absolute atomic E-state index is 0.129. The maximum Gasteiger partial charge on any atom is 0.211 e. The summed E-state index contributed by atoms with van der Waals surface area (Å²) in [5.41, 5.74) is 0.865. The predicted octanol–water partition coefficient (Wildman–Crippen LogP) is 1.92. The summed E-state index contributed by atoms with van der Waals surface area (Å²) in [4.78, 5) is 0. The Bertz CT molecular complexity index is 469. The zero-order chi connectivity index (χ0) is 11.8. The van der Waals surface area contributed by atoms with E-state index in [1.807, 2.05) is 0 Å². The van der Waals surface area contributed by atoms with Crippen LogP contribution < -0.4 is 0 Å². The van der Waals surface area contributed by atoms with E-state index in [4.69, 9.17) is 0 Å². The summed E-state index contributed by atoms with van der Waals surface area (Å²) in [6, 6.07) is 5.92. The second kappa shape index (κ2) is 4.14. The first-order chi connectivity index (χ1) is 7.48. The topological polar surface area (TPSA) is 37.4 Å². The van der Waals surface area contributed by atoms with Gasteiger partial charge < -0.3 is 0 Å². The molecular weight excluding hydrogens is 229 g/mol. The van der Waals surface area contributed by atoms with Crippen LogP contribution in [0.2, 0.25) is 0 Å². The number of sulfonamides is 1. The van der Waals surface area contributed by atoms with Crippen LogP contribution in [-0.2, 0) is 10.0 Å².